The molecule has 0 aromatic carbocycles. The average molecular weight is 311 g/mol. The number of amides is 2. The molecule has 2 aliphatic rings. The Hall–Kier alpha value is -0.810. The van der Waals surface area contributed by atoms with Gasteiger partial charge in [0.15, 0.2) is 0 Å². The summed E-state index contributed by atoms with van der Waals surface area (Å²) < 4.78 is 5.88. The van der Waals surface area contributed by atoms with Gasteiger partial charge in [-0.25, -0.2) is 4.79 Å². The van der Waals surface area contributed by atoms with Gasteiger partial charge in [0.05, 0.1) is 18.2 Å². The molecule has 5 nitrogen and oxygen atoms in total. The van der Waals surface area contributed by atoms with Crippen molar-refractivity contribution >= 4 is 6.03 Å². The number of nitrogens with zero attached hydrogens (tertiary/aromatic N) is 1. The van der Waals surface area contributed by atoms with Crippen molar-refractivity contribution in [1.82, 2.24) is 15.5 Å². The SMILES string of the molecule is CC1CN(C(=O)NC2CC(C)(C)NC(C)(C)C2)CC(C)(C)O1. The first-order chi connectivity index (χ1) is 9.88. The molecule has 0 saturated carbocycles. The Balaban J connectivity index is 1.99. The summed E-state index contributed by atoms with van der Waals surface area (Å²) in [6, 6.07) is 0.252. The number of hydrogen-bond acceptors (Lipinski definition) is 3. The van der Waals surface area contributed by atoms with Crippen LogP contribution in [0.15, 0.2) is 0 Å². The Morgan fingerprint density at radius 2 is 1.68 bits per heavy atom. The maximum absolute atomic E-state index is 12.7. The Labute approximate surface area is 135 Å². The van der Waals surface area contributed by atoms with Crippen LogP contribution in [0.5, 0.6) is 0 Å². The lowest BCUT2D eigenvalue weighted by Crippen LogP contribution is -2.64. The molecule has 2 saturated heterocycles. The molecular weight excluding hydrogens is 278 g/mol. The Bertz CT molecular complexity index is 416. The highest BCUT2D eigenvalue weighted by molar-refractivity contribution is 5.74. The lowest BCUT2D eigenvalue weighted by atomic mass is 9.79. The zero-order chi connectivity index (χ0) is 16.8. The molecular formula is C17H33N3O2. The van der Waals surface area contributed by atoms with Gasteiger partial charge in [-0.05, 0) is 61.3 Å². The molecule has 2 N–H and O–H groups in total. The van der Waals surface area contributed by atoms with E-state index in [1.807, 2.05) is 25.7 Å². The highest BCUT2D eigenvalue weighted by Gasteiger charge is 2.40. The fraction of sp³-hybridized carbons (Fsp3) is 0.941. The van der Waals surface area contributed by atoms with E-state index in [-0.39, 0.29) is 34.9 Å². The summed E-state index contributed by atoms with van der Waals surface area (Å²) in [5.41, 5.74) is -0.198. The maximum Gasteiger partial charge on any atom is 0.317 e. The summed E-state index contributed by atoms with van der Waals surface area (Å²) in [7, 11) is 0. The number of hydrogen-bond donors (Lipinski definition) is 2. The maximum atomic E-state index is 12.7. The second kappa shape index (κ2) is 5.68. The Morgan fingerprint density at radius 1 is 1.14 bits per heavy atom. The predicted octanol–water partition coefficient (Wildman–Crippen LogP) is 2.50. The summed E-state index contributed by atoms with van der Waals surface area (Å²) >= 11 is 0. The summed E-state index contributed by atoms with van der Waals surface area (Å²) in [5.74, 6) is 0. The van der Waals surface area contributed by atoms with Crippen molar-refractivity contribution in [2.45, 2.75) is 90.1 Å². The molecule has 0 radical (unpaired) electrons. The fourth-order valence-corrected chi connectivity index (χ4v) is 4.30. The van der Waals surface area contributed by atoms with Crippen LogP contribution in [0, 0.1) is 0 Å². The molecule has 128 valence electrons. The van der Waals surface area contributed by atoms with Gasteiger partial charge in [-0.2, -0.15) is 0 Å². The molecule has 0 bridgehead atoms. The standard InChI is InChI=1S/C17H33N3O2/c1-12-10-20(11-17(6,7)22-12)14(21)18-13-8-15(2,3)19-16(4,5)9-13/h12-13,19H,8-11H2,1-7H3,(H,18,21). The van der Waals surface area contributed by atoms with E-state index in [1.165, 1.54) is 0 Å². The fourth-order valence-electron chi connectivity index (χ4n) is 4.30. The number of urea groups is 1. The van der Waals surface area contributed by atoms with E-state index in [2.05, 4.69) is 38.3 Å². The average Bonchev–Trinajstić information content (AvgIpc) is 2.20. The van der Waals surface area contributed by atoms with Gasteiger partial charge in [0.2, 0.25) is 0 Å². The van der Waals surface area contributed by atoms with Gasteiger partial charge in [-0.1, -0.05) is 0 Å². The first-order valence-corrected chi connectivity index (χ1v) is 8.40. The molecule has 0 spiro atoms. The summed E-state index contributed by atoms with van der Waals surface area (Å²) in [6.45, 7) is 16.2. The van der Waals surface area contributed by atoms with Crippen molar-refractivity contribution in [3.05, 3.63) is 0 Å². The van der Waals surface area contributed by atoms with Crippen LogP contribution < -0.4 is 10.6 Å². The number of carbonyl (C=O) groups is 1. The van der Waals surface area contributed by atoms with E-state index in [0.29, 0.717) is 13.1 Å². The minimum absolute atomic E-state index is 0.0390. The molecule has 2 amide bonds. The molecule has 1 unspecified atom stereocenters. The molecule has 22 heavy (non-hydrogen) atoms. The number of ether oxygens (including phenoxy) is 1. The van der Waals surface area contributed by atoms with E-state index >= 15 is 0 Å². The minimum Gasteiger partial charge on any atom is -0.369 e. The van der Waals surface area contributed by atoms with Gasteiger partial charge in [-0.3, -0.25) is 0 Å². The molecule has 0 aromatic rings. The van der Waals surface area contributed by atoms with Crippen LogP contribution in [-0.4, -0.2) is 52.8 Å². The third-order valence-corrected chi connectivity index (χ3v) is 4.37. The predicted molar refractivity (Wildman–Crippen MR) is 89.0 cm³/mol. The Kier molecular flexibility index (Phi) is 4.53. The summed E-state index contributed by atoms with van der Waals surface area (Å²) in [6.07, 6.45) is 1.98. The van der Waals surface area contributed by atoms with Crippen LogP contribution in [0.25, 0.3) is 0 Å². The molecule has 2 aliphatic heterocycles. The topological polar surface area (TPSA) is 53.6 Å². The van der Waals surface area contributed by atoms with E-state index in [4.69, 9.17) is 4.74 Å². The third kappa shape index (κ3) is 4.59. The largest absolute Gasteiger partial charge is 0.369 e. The lowest BCUT2D eigenvalue weighted by Gasteiger charge is -2.47. The van der Waals surface area contributed by atoms with Crippen LogP contribution in [0.3, 0.4) is 0 Å². The van der Waals surface area contributed by atoms with Crippen LogP contribution in [0.2, 0.25) is 0 Å². The summed E-state index contributed by atoms with van der Waals surface area (Å²) in [5, 5.41) is 6.90. The van der Waals surface area contributed by atoms with Crippen molar-refractivity contribution in [2.75, 3.05) is 13.1 Å². The molecule has 0 aromatic heterocycles. The minimum atomic E-state index is -0.276. The smallest absolute Gasteiger partial charge is 0.317 e. The quantitative estimate of drug-likeness (QED) is 0.782. The second-order valence-electron chi connectivity index (χ2n) is 9.02. The van der Waals surface area contributed by atoms with Crippen LogP contribution >= 0.6 is 0 Å². The molecule has 2 rings (SSSR count). The molecule has 2 heterocycles. The molecule has 1 atom stereocenters. The lowest BCUT2D eigenvalue weighted by molar-refractivity contribution is -0.117. The number of carbonyl (C=O) groups excluding carboxylic acids is 1. The number of morpholine rings is 1. The van der Waals surface area contributed by atoms with Crippen molar-refractivity contribution in [3.63, 3.8) is 0 Å². The van der Waals surface area contributed by atoms with Crippen LogP contribution in [0.4, 0.5) is 4.79 Å². The monoisotopic (exact) mass is 311 g/mol. The molecule has 0 aliphatic carbocycles. The van der Waals surface area contributed by atoms with Crippen molar-refractivity contribution in [2.24, 2.45) is 0 Å². The van der Waals surface area contributed by atoms with E-state index in [1.54, 1.807) is 0 Å². The van der Waals surface area contributed by atoms with Crippen molar-refractivity contribution in [1.29, 1.82) is 0 Å². The Morgan fingerprint density at radius 3 is 2.18 bits per heavy atom. The van der Waals surface area contributed by atoms with Gasteiger partial charge < -0.3 is 20.3 Å². The second-order valence-corrected chi connectivity index (χ2v) is 9.02. The highest BCUT2D eigenvalue weighted by Crippen LogP contribution is 2.29. The molecule has 2 fully saturated rings. The summed E-state index contributed by atoms with van der Waals surface area (Å²) in [4.78, 5) is 14.6. The number of rotatable bonds is 1. The van der Waals surface area contributed by atoms with Crippen LogP contribution in [0.1, 0.15) is 61.3 Å². The third-order valence-electron chi connectivity index (χ3n) is 4.37. The number of piperidine rings is 1. The van der Waals surface area contributed by atoms with Gasteiger partial charge >= 0.3 is 6.03 Å². The zero-order valence-corrected chi connectivity index (χ0v) is 15.2. The van der Waals surface area contributed by atoms with Crippen molar-refractivity contribution < 1.29 is 9.53 Å². The molecule has 5 heteroatoms. The first-order valence-electron chi connectivity index (χ1n) is 8.40. The van der Waals surface area contributed by atoms with Gasteiger partial charge in [0, 0.05) is 23.7 Å². The van der Waals surface area contributed by atoms with Crippen molar-refractivity contribution in [3.8, 4) is 0 Å². The van der Waals surface area contributed by atoms with E-state index in [0.717, 1.165) is 12.8 Å². The van der Waals surface area contributed by atoms with Gasteiger partial charge in [-0.15, -0.1) is 0 Å². The van der Waals surface area contributed by atoms with Gasteiger partial charge in [0.1, 0.15) is 0 Å². The highest BCUT2D eigenvalue weighted by atomic mass is 16.5. The number of nitrogens with one attached hydrogen (secondary N) is 2. The van der Waals surface area contributed by atoms with Gasteiger partial charge in [0.25, 0.3) is 0 Å². The van der Waals surface area contributed by atoms with E-state index in [9.17, 15) is 4.79 Å². The first kappa shape index (κ1) is 17.5. The zero-order valence-electron chi connectivity index (χ0n) is 15.2. The van der Waals surface area contributed by atoms with Crippen LogP contribution in [-0.2, 0) is 4.74 Å². The normalized spacial score (nSPS) is 30.9. The van der Waals surface area contributed by atoms with E-state index < -0.39 is 0 Å².